The molecule has 98 valence electrons. The minimum Gasteiger partial charge on any atom is -0.382 e. The van der Waals surface area contributed by atoms with E-state index < -0.39 is 0 Å². The van der Waals surface area contributed by atoms with Gasteiger partial charge in [-0.25, -0.2) is 0 Å². The van der Waals surface area contributed by atoms with E-state index in [0.29, 0.717) is 6.61 Å². The second-order valence-electron chi connectivity index (χ2n) is 4.34. The highest BCUT2D eigenvalue weighted by Gasteiger charge is 2.05. The molecule has 2 N–H and O–H groups in total. The van der Waals surface area contributed by atoms with Crippen LogP contribution < -0.4 is 5.32 Å². The zero-order valence-corrected chi connectivity index (χ0v) is 10.9. The molecule has 4 heteroatoms. The molecule has 1 heterocycles. The SMILES string of the molecule is COCC(CNCc1ccc2[nH]ccc2c1)OC. The summed E-state index contributed by atoms with van der Waals surface area (Å²) in [5.74, 6) is 0. The van der Waals surface area contributed by atoms with E-state index in [-0.39, 0.29) is 6.10 Å². The van der Waals surface area contributed by atoms with Crippen LogP contribution in [0.5, 0.6) is 0 Å². The van der Waals surface area contributed by atoms with Gasteiger partial charge in [0.15, 0.2) is 0 Å². The number of aromatic amines is 1. The van der Waals surface area contributed by atoms with Crippen LogP contribution in [-0.2, 0) is 16.0 Å². The van der Waals surface area contributed by atoms with Crippen molar-refractivity contribution in [2.75, 3.05) is 27.4 Å². The number of hydrogen-bond donors (Lipinski definition) is 2. The number of methoxy groups -OCH3 is 2. The molecule has 4 nitrogen and oxygen atoms in total. The van der Waals surface area contributed by atoms with E-state index >= 15 is 0 Å². The Morgan fingerprint density at radius 3 is 2.94 bits per heavy atom. The summed E-state index contributed by atoms with van der Waals surface area (Å²) in [5, 5.41) is 4.62. The Labute approximate surface area is 107 Å². The fourth-order valence-corrected chi connectivity index (χ4v) is 1.99. The standard InChI is InChI=1S/C14H20N2O2/c1-17-10-13(18-2)9-15-8-11-3-4-14-12(7-11)5-6-16-14/h3-7,13,15-16H,8-10H2,1-2H3. The van der Waals surface area contributed by atoms with Gasteiger partial charge in [0.1, 0.15) is 0 Å². The molecule has 0 bridgehead atoms. The largest absolute Gasteiger partial charge is 0.382 e. The minimum atomic E-state index is 0.103. The summed E-state index contributed by atoms with van der Waals surface area (Å²) < 4.78 is 10.4. The molecule has 0 fully saturated rings. The molecule has 0 aliphatic carbocycles. The van der Waals surface area contributed by atoms with Gasteiger partial charge in [-0.3, -0.25) is 0 Å². The number of ether oxygens (including phenoxy) is 2. The molecule has 1 aromatic heterocycles. The topological polar surface area (TPSA) is 46.3 Å². The Bertz CT molecular complexity index is 481. The Balaban J connectivity index is 1.85. The van der Waals surface area contributed by atoms with Crippen molar-refractivity contribution in [2.24, 2.45) is 0 Å². The fraction of sp³-hybridized carbons (Fsp3) is 0.429. The molecular weight excluding hydrogens is 228 g/mol. The van der Waals surface area contributed by atoms with Crippen LogP contribution in [0.4, 0.5) is 0 Å². The van der Waals surface area contributed by atoms with Gasteiger partial charge in [0, 0.05) is 39.0 Å². The molecule has 2 aromatic rings. The molecule has 0 saturated heterocycles. The van der Waals surface area contributed by atoms with E-state index in [1.807, 2.05) is 6.20 Å². The van der Waals surface area contributed by atoms with Crippen molar-refractivity contribution in [2.45, 2.75) is 12.6 Å². The third kappa shape index (κ3) is 3.32. The second kappa shape index (κ2) is 6.54. The van der Waals surface area contributed by atoms with Gasteiger partial charge in [0.2, 0.25) is 0 Å². The van der Waals surface area contributed by atoms with Gasteiger partial charge >= 0.3 is 0 Å². The monoisotopic (exact) mass is 248 g/mol. The molecule has 1 unspecified atom stereocenters. The zero-order valence-electron chi connectivity index (χ0n) is 10.9. The van der Waals surface area contributed by atoms with Crippen LogP contribution in [-0.4, -0.2) is 38.5 Å². The Hall–Kier alpha value is -1.36. The van der Waals surface area contributed by atoms with E-state index in [4.69, 9.17) is 9.47 Å². The Morgan fingerprint density at radius 2 is 2.17 bits per heavy atom. The summed E-state index contributed by atoms with van der Waals surface area (Å²) in [6.45, 7) is 2.24. The van der Waals surface area contributed by atoms with Crippen LogP contribution in [0.3, 0.4) is 0 Å². The molecule has 18 heavy (non-hydrogen) atoms. The first-order valence-corrected chi connectivity index (χ1v) is 6.12. The minimum absolute atomic E-state index is 0.103. The van der Waals surface area contributed by atoms with Crippen LogP contribution in [0.25, 0.3) is 10.9 Å². The van der Waals surface area contributed by atoms with Crippen molar-refractivity contribution >= 4 is 10.9 Å². The van der Waals surface area contributed by atoms with Gasteiger partial charge in [-0.05, 0) is 29.1 Å². The lowest BCUT2D eigenvalue weighted by Gasteiger charge is -2.15. The maximum Gasteiger partial charge on any atom is 0.0928 e. The average Bonchev–Trinajstić information content (AvgIpc) is 2.85. The molecule has 0 aliphatic rings. The predicted molar refractivity (Wildman–Crippen MR) is 72.7 cm³/mol. The number of rotatable bonds is 7. The first kappa shape index (κ1) is 13.1. The number of benzene rings is 1. The summed E-state index contributed by atoms with van der Waals surface area (Å²) >= 11 is 0. The van der Waals surface area contributed by atoms with Crippen molar-refractivity contribution in [1.82, 2.24) is 10.3 Å². The Kier molecular flexibility index (Phi) is 4.75. The van der Waals surface area contributed by atoms with E-state index in [1.165, 1.54) is 16.5 Å². The molecule has 0 spiro atoms. The third-order valence-corrected chi connectivity index (χ3v) is 3.00. The van der Waals surface area contributed by atoms with Crippen molar-refractivity contribution in [3.8, 4) is 0 Å². The van der Waals surface area contributed by atoms with Gasteiger partial charge in [-0.2, -0.15) is 0 Å². The predicted octanol–water partition coefficient (Wildman–Crippen LogP) is 1.92. The van der Waals surface area contributed by atoms with Gasteiger partial charge in [-0.15, -0.1) is 0 Å². The zero-order chi connectivity index (χ0) is 12.8. The fourth-order valence-electron chi connectivity index (χ4n) is 1.99. The van der Waals surface area contributed by atoms with E-state index in [0.717, 1.165) is 13.1 Å². The highest BCUT2D eigenvalue weighted by molar-refractivity contribution is 5.79. The normalized spacial score (nSPS) is 13.0. The van der Waals surface area contributed by atoms with Crippen LogP contribution in [0.15, 0.2) is 30.5 Å². The quantitative estimate of drug-likeness (QED) is 0.787. The third-order valence-electron chi connectivity index (χ3n) is 3.00. The number of nitrogens with one attached hydrogen (secondary N) is 2. The van der Waals surface area contributed by atoms with E-state index in [9.17, 15) is 0 Å². The maximum absolute atomic E-state index is 5.29. The van der Waals surface area contributed by atoms with Crippen LogP contribution >= 0.6 is 0 Å². The van der Waals surface area contributed by atoms with E-state index in [2.05, 4.69) is 34.6 Å². The van der Waals surface area contributed by atoms with Crippen molar-refractivity contribution < 1.29 is 9.47 Å². The average molecular weight is 248 g/mol. The van der Waals surface area contributed by atoms with Crippen molar-refractivity contribution in [3.63, 3.8) is 0 Å². The van der Waals surface area contributed by atoms with Gasteiger partial charge < -0.3 is 19.8 Å². The van der Waals surface area contributed by atoms with Crippen molar-refractivity contribution in [3.05, 3.63) is 36.0 Å². The Morgan fingerprint density at radius 1 is 1.28 bits per heavy atom. The molecule has 1 aromatic carbocycles. The van der Waals surface area contributed by atoms with Gasteiger partial charge in [0.25, 0.3) is 0 Å². The molecule has 2 rings (SSSR count). The number of aromatic nitrogens is 1. The summed E-state index contributed by atoms with van der Waals surface area (Å²) in [6.07, 6.45) is 2.06. The van der Waals surface area contributed by atoms with Crippen molar-refractivity contribution in [1.29, 1.82) is 0 Å². The van der Waals surface area contributed by atoms with Gasteiger partial charge in [0.05, 0.1) is 12.7 Å². The van der Waals surface area contributed by atoms with Gasteiger partial charge in [-0.1, -0.05) is 6.07 Å². The van der Waals surface area contributed by atoms with Crippen LogP contribution in [0, 0.1) is 0 Å². The lowest BCUT2D eigenvalue weighted by Crippen LogP contribution is -2.31. The first-order chi connectivity index (χ1) is 8.83. The van der Waals surface area contributed by atoms with Crippen LogP contribution in [0.2, 0.25) is 0 Å². The smallest absolute Gasteiger partial charge is 0.0928 e. The maximum atomic E-state index is 5.29. The second-order valence-corrected chi connectivity index (χ2v) is 4.34. The highest BCUT2D eigenvalue weighted by atomic mass is 16.5. The molecule has 0 aliphatic heterocycles. The molecular formula is C14H20N2O2. The first-order valence-electron chi connectivity index (χ1n) is 6.12. The molecule has 0 saturated carbocycles. The molecule has 0 radical (unpaired) electrons. The van der Waals surface area contributed by atoms with E-state index in [1.54, 1.807) is 14.2 Å². The highest BCUT2D eigenvalue weighted by Crippen LogP contribution is 2.13. The summed E-state index contributed by atoms with van der Waals surface area (Å²) in [7, 11) is 3.39. The summed E-state index contributed by atoms with van der Waals surface area (Å²) in [6, 6.07) is 8.51. The van der Waals surface area contributed by atoms with Crippen LogP contribution in [0.1, 0.15) is 5.56 Å². The lowest BCUT2D eigenvalue weighted by atomic mass is 10.1. The number of fused-ring (bicyclic) bond motifs is 1. The molecule has 0 amide bonds. The number of hydrogen-bond acceptors (Lipinski definition) is 3. The summed E-state index contributed by atoms with van der Waals surface area (Å²) in [5.41, 5.74) is 2.45. The number of H-pyrrole nitrogens is 1. The summed E-state index contributed by atoms with van der Waals surface area (Å²) in [4.78, 5) is 3.19. The molecule has 1 atom stereocenters. The lowest BCUT2D eigenvalue weighted by molar-refractivity contribution is 0.0288.